The highest BCUT2D eigenvalue weighted by atomic mass is 19.1. The van der Waals surface area contributed by atoms with Crippen molar-refractivity contribution in [3.63, 3.8) is 0 Å². The Morgan fingerprint density at radius 3 is 2.70 bits per heavy atom. The van der Waals surface area contributed by atoms with Gasteiger partial charge in [-0.05, 0) is 19.9 Å². The quantitative estimate of drug-likeness (QED) is 0.573. The number of halogens is 1. The molecule has 2 heteroatoms. The van der Waals surface area contributed by atoms with Gasteiger partial charge in [0.2, 0.25) is 0 Å². The highest BCUT2D eigenvalue weighted by molar-refractivity contribution is 4.88. The van der Waals surface area contributed by atoms with E-state index in [-0.39, 0.29) is 0 Å². The first-order valence-corrected chi connectivity index (χ1v) is 4.04. The van der Waals surface area contributed by atoms with Gasteiger partial charge in [0, 0.05) is 13.1 Å². The zero-order valence-corrected chi connectivity index (χ0v) is 6.86. The zero-order valence-electron chi connectivity index (χ0n) is 6.86. The maximum Gasteiger partial charge on any atom is 0.124 e. The van der Waals surface area contributed by atoms with Crippen molar-refractivity contribution in [1.82, 2.24) is 4.90 Å². The summed E-state index contributed by atoms with van der Waals surface area (Å²) in [5.41, 5.74) is -0.858. The third-order valence-electron chi connectivity index (χ3n) is 2.19. The van der Waals surface area contributed by atoms with Crippen LogP contribution in [-0.4, -0.2) is 30.7 Å². The van der Waals surface area contributed by atoms with Gasteiger partial charge in [0.05, 0.1) is 0 Å². The Balaban J connectivity index is 2.38. The molecule has 0 aromatic heterocycles. The van der Waals surface area contributed by atoms with Gasteiger partial charge in [0.1, 0.15) is 5.67 Å². The van der Waals surface area contributed by atoms with Gasteiger partial charge in [-0.2, -0.15) is 0 Å². The predicted molar refractivity (Wildman–Crippen MR) is 40.9 cm³/mol. The van der Waals surface area contributed by atoms with Crippen molar-refractivity contribution < 1.29 is 4.39 Å². The largest absolute Gasteiger partial charge is 0.303 e. The molecule has 1 unspecified atom stereocenters. The Morgan fingerprint density at radius 1 is 1.60 bits per heavy atom. The van der Waals surface area contributed by atoms with E-state index in [1.165, 1.54) is 0 Å². The van der Waals surface area contributed by atoms with Gasteiger partial charge >= 0.3 is 0 Å². The Hall–Kier alpha value is -0.110. The summed E-state index contributed by atoms with van der Waals surface area (Å²) >= 11 is 0. The fraction of sp³-hybridized carbons (Fsp3) is 1.00. The first-order chi connectivity index (χ1) is 4.66. The van der Waals surface area contributed by atoms with Crippen LogP contribution in [0.3, 0.4) is 0 Å². The molecular weight excluding hydrogens is 129 g/mol. The third kappa shape index (κ3) is 1.69. The summed E-state index contributed by atoms with van der Waals surface area (Å²) in [4.78, 5) is 2.07. The number of rotatable bonds is 2. The second kappa shape index (κ2) is 2.87. The van der Waals surface area contributed by atoms with Gasteiger partial charge in [0.25, 0.3) is 0 Å². The van der Waals surface area contributed by atoms with E-state index in [0.29, 0.717) is 6.54 Å². The second-order valence-electron chi connectivity index (χ2n) is 3.39. The minimum Gasteiger partial charge on any atom is -0.303 e. The van der Waals surface area contributed by atoms with Gasteiger partial charge in [0.15, 0.2) is 0 Å². The number of hydrogen-bond acceptors (Lipinski definition) is 1. The molecule has 0 aromatic rings. The molecule has 1 heterocycles. The summed E-state index contributed by atoms with van der Waals surface area (Å²) in [5, 5.41) is 0. The lowest BCUT2D eigenvalue weighted by molar-refractivity contribution is 0.158. The molecule has 0 spiro atoms. The SMILES string of the molecule is CCCC1(F)CCN(C)C1. The van der Waals surface area contributed by atoms with Crippen LogP contribution >= 0.6 is 0 Å². The fourth-order valence-electron chi connectivity index (χ4n) is 1.69. The highest BCUT2D eigenvalue weighted by Gasteiger charge is 2.35. The number of likely N-dealkylation sites (tertiary alicyclic amines) is 1. The first kappa shape index (κ1) is 7.99. The monoisotopic (exact) mass is 145 g/mol. The molecule has 60 valence electrons. The molecular formula is C8H16FN. The van der Waals surface area contributed by atoms with Crippen LogP contribution in [0, 0.1) is 0 Å². The molecule has 1 fully saturated rings. The van der Waals surface area contributed by atoms with Crippen molar-refractivity contribution in [1.29, 1.82) is 0 Å². The van der Waals surface area contributed by atoms with Gasteiger partial charge in [-0.25, -0.2) is 4.39 Å². The maximum absolute atomic E-state index is 13.5. The van der Waals surface area contributed by atoms with Crippen LogP contribution in [0.5, 0.6) is 0 Å². The van der Waals surface area contributed by atoms with E-state index in [9.17, 15) is 4.39 Å². The standard InChI is InChI=1S/C8H16FN/c1-3-4-8(9)5-6-10(2)7-8/h3-7H2,1-2H3. The smallest absolute Gasteiger partial charge is 0.124 e. The van der Waals surface area contributed by atoms with Crippen LogP contribution in [0.4, 0.5) is 4.39 Å². The molecule has 0 bridgehead atoms. The Morgan fingerprint density at radius 2 is 2.30 bits per heavy atom. The number of hydrogen-bond donors (Lipinski definition) is 0. The minimum absolute atomic E-state index is 0.640. The lowest BCUT2D eigenvalue weighted by atomic mass is 10.00. The average molecular weight is 145 g/mol. The minimum atomic E-state index is -0.858. The molecule has 10 heavy (non-hydrogen) atoms. The van der Waals surface area contributed by atoms with Crippen molar-refractivity contribution in [2.24, 2.45) is 0 Å². The van der Waals surface area contributed by atoms with Gasteiger partial charge in [-0.15, -0.1) is 0 Å². The maximum atomic E-state index is 13.5. The summed E-state index contributed by atoms with van der Waals surface area (Å²) in [5.74, 6) is 0. The number of nitrogens with zero attached hydrogens (tertiary/aromatic N) is 1. The van der Waals surface area contributed by atoms with Crippen LogP contribution in [0.25, 0.3) is 0 Å². The Kier molecular flexibility index (Phi) is 2.29. The third-order valence-corrected chi connectivity index (χ3v) is 2.19. The van der Waals surface area contributed by atoms with E-state index in [2.05, 4.69) is 4.90 Å². The van der Waals surface area contributed by atoms with Crippen LogP contribution in [0.15, 0.2) is 0 Å². The van der Waals surface area contributed by atoms with E-state index < -0.39 is 5.67 Å². The van der Waals surface area contributed by atoms with Gasteiger partial charge in [-0.1, -0.05) is 13.3 Å². The van der Waals surface area contributed by atoms with Crippen molar-refractivity contribution in [2.75, 3.05) is 20.1 Å². The summed E-state index contributed by atoms with van der Waals surface area (Å²) in [6, 6.07) is 0. The van der Waals surface area contributed by atoms with Crippen molar-refractivity contribution in [2.45, 2.75) is 31.9 Å². The lowest BCUT2D eigenvalue weighted by Crippen LogP contribution is -2.26. The lowest BCUT2D eigenvalue weighted by Gasteiger charge is -2.17. The molecule has 0 aromatic carbocycles. The van der Waals surface area contributed by atoms with Gasteiger partial charge in [-0.3, -0.25) is 0 Å². The molecule has 0 aliphatic carbocycles. The summed E-state index contributed by atoms with van der Waals surface area (Å²) in [6.45, 7) is 3.61. The normalized spacial score (nSPS) is 35.1. The van der Waals surface area contributed by atoms with Crippen molar-refractivity contribution in [3.8, 4) is 0 Å². The molecule has 0 amide bonds. The summed E-state index contributed by atoms with van der Waals surface area (Å²) in [7, 11) is 1.98. The van der Waals surface area contributed by atoms with Crippen LogP contribution in [0.2, 0.25) is 0 Å². The molecule has 1 rings (SSSR count). The zero-order chi connectivity index (χ0) is 7.61. The van der Waals surface area contributed by atoms with E-state index in [1.54, 1.807) is 0 Å². The molecule has 1 aliphatic heterocycles. The Labute approximate surface area is 62.2 Å². The van der Waals surface area contributed by atoms with E-state index >= 15 is 0 Å². The van der Waals surface area contributed by atoms with E-state index in [0.717, 1.165) is 25.8 Å². The van der Waals surface area contributed by atoms with Crippen LogP contribution in [-0.2, 0) is 0 Å². The van der Waals surface area contributed by atoms with E-state index in [4.69, 9.17) is 0 Å². The van der Waals surface area contributed by atoms with Crippen LogP contribution < -0.4 is 0 Å². The fourth-order valence-corrected chi connectivity index (χ4v) is 1.69. The predicted octanol–water partition coefficient (Wildman–Crippen LogP) is 1.83. The average Bonchev–Trinajstić information content (AvgIpc) is 2.12. The highest BCUT2D eigenvalue weighted by Crippen LogP contribution is 2.28. The molecule has 1 nitrogen and oxygen atoms in total. The second-order valence-corrected chi connectivity index (χ2v) is 3.39. The molecule has 0 radical (unpaired) electrons. The molecule has 0 N–H and O–H groups in total. The van der Waals surface area contributed by atoms with Crippen LogP contribution in [0.1, 0.15) is 26.2 Å². The van der Waals surface area contributed by atoms with E-state index in [1.807, 2.05) is 14.0 Å². The topological polar surface area (TPSA) is 3.24 Å². The molecule has 1 atom stereocenters. The van der Waals surface area contributed by atoms with Crippen molar-refractivity contribution >= 4 is 0 Å². The summed E-state index contributed by atoms with van der Waals surface area (Å²) in [6.07, 6.45) is 2.43. The first-order valence-electron chi connectivity index (χ1n) is 4.04. The Bertz CT molecular complexity index is 112. The molecule has 0 saturated carbocycles. The number of alkyl halides is 1. The van der Waals surface area contributed by atoms with Gasteiger partial charge < -0.3 is 4.90 Å². The molecule has 1 saturated heterocycles. The van der Waals surface area contributed by atoms with Crippen molar-refractivity contribution in [3.05, 3.63) is 0 Å². The summed E-state index contributed by atoms with van der Waals surface area (Å²) < 4.78 is 13.5. The molecule has 1 aliphatic rings.